The number of hydrogen-bond acceptors (Lipinski definition) is 2. The second-order valence-corrected chi connectivity index (χ2v) is 8.07. The van der Waals surface area contributed by atoms with Gasteiger partial charge in [-0.2, -0.15) is 0 Å². The number of rotatable bonds is 8. The highest BCUT2D eigenvalue weighted by atomic mass is 35.5. The average Bonchev–Trinajstić information content (AvgIpc) is 2.62. The predicted molar refractivity (Wildman–Crippen MR) is 110 cm³/mol. The Hall–Kier alpha value is -2.04. The van der Waals surface area contributed by atoms with Crippen molar-refractivity contribution in [3.05, 3.63) is 69.7 Å². The van der Waals surface area contributed by atoms with E-state index in [-0.39, 0.29) is 30.1 Å². The smallest absolute Gasteiger partial charge is 0.224 e. The third-order valence-electron chi connectivity index (χ3n) is 4.15. The summed E-state index contributed by atoms with van der Waals surface area (Å²) < 4.78 is 0. The van der Waals surface area contributed by atoms with Gasteiger partial charge in [0, 0.05) is 23.1 Å². The zero-order valence-corrected chi connectivity index (χ0v) is 17.0. The molecule has 2 aromatic carbocycles. The molecule has 0 aromatic heterocycles. The van der Waals surface area contributed by atoms with Gasteiger partial charge in [-0.1, -0.05) is 73.4 Å². The van der Waals surface area contributed by atoms with Crippen LogP contribution in [0.3, 0.4) is 0 Å². The molecule has 6 heteroatoms. The molecule has 2 aromatic rings. The van der Waals surface area contributed by atoms with Gasteiger partial charge in [0.15, 0.2) is 0 Å². The molecule has 2 amide bonds. The van der Waals surface area contributed by atoms with Crippen LogP contribution in [0.15, 0.2) is 48.5 Å². The summed E-state index contributed by atoms with van der Waals surface area (Å²) in [5.74, 6) is -0.197. The van der Waals surface area contributed by atoms with Gasteiger partial charge in [0.1, 0.15) is 0 Å². The summed E-state index contributed by atoms with van der Waals surface area (Å²) in [5.41, 5.74) is 1.30. The summed E-state index contributed by atoms with van der Waals surface area (Å²) >= 11 is 12.2. The van der Waals surface area contributed by atoms with Crippen molar-refractivity contribution in [2.45, 2.75) is 26.7 Å². The van der Waals surface area contributed by atoms with E-state index in [1.54, 1.807) is 12.1 Å². The second-order valence-electron chi connectivity index (χ2n) is 7.25. The van der Waals surface area contributed by atoms with Gasteiger partial charge in [-0.3, -0.25) is 9.59 Å². The Morgan fingerprint density at radius 1 is 0.778 bits per heavy atom. The Morgan fingerprint density at radius 3 is 1.52 bits per heavy atom. The number of amides is 2. The van der Waals surface area contributed by atoms with Crippen molar-refractivity contribution in [1.29, 1.82) is 0 Å². The lowest BCUT2D eigenvalue weighted by Gasteiger charge is -2.25. The van der Waals surface area contributed by atoms with Crippen LogP contribution in [-0.4, -0.2) is 24.9 Å². The Kier molecular flexibility index (Phi) is 7.69. The first-order valence-electron chi connectivity index (χ1n) is 8.77. The molecule has 0 saturated carbocycles. The summed E-state index contributed by atoms with van der Waals surface area (Å²) in [4.78, 5) is 24.3. The highest BCUT2D eigenvalue weighted by molar-refractivity contribution is 6.31. The lowest BCUT2D eigenvalue weighted by molar-refractivity contribution is -0.120. The molecule has 0 heterocycles. The number of carbonyl (C=O) groups is 2. The fourth-order valence-electron chi connectivity index (χ4n) is 2.49. The lowest BCUT2D eigenvalue weighted by Crippen LogP contribution is -2.42. The van der Waals surface area contributed by atoms with Gasteiger partial charge >= 0.3 is 0 Å². The summed E-state index contributed by atoms with van der Waals surface area (Å²) in [7, 11) is 0. The van der Waals surface area contributed by atoms with E-state index in [4.69, 9.17) is 23.2 Å². The predicted octanol–water partition coefficient (Wildman–Crippen LogP) is 4.04. The number of benzene rings is 2. The zero-order valence-electron chi connectivity index (χ0n) is 15.5. The second kappa shape index (κ2) is 9.77. The topological polar surface area (TPSA) is 58.2 Å². The van der Waals surface area contributed by atoms with Crippen LogP contribution < -0.4 is 10.6 Å². The molecule has 0 atom stereocenters. The molecule has 0 aliphatic heterocycles. The first-order valence-corrected chi connectivity index (χ1v) is 9.53. The number of carbonyl (C=O) groups excluding carboxylic acids is 2. The van der Waals surface area contributed by atoms with Gasteiger partial charge < -0.3 is 10.6 Å². The molecule has 0 aliphatic rings. The quantitative estimate of drug-likeness (QED) is 0.694. The number of nitrogens with one attached hydrogen (secondary N) is 2. The third kappa shape index (κ3) is 7.24. The van der Waals surface area contributed by atoms with E-state index in [1.165, 1.54) is 0 Å². The third-order valence-corrected chi connectivity index (χ3v) is 4.88. The number of halogens is 2. The van der Waals surface area contributed by atoms with E-state index < -0.39 is 0 Å². The molecule has 0 radical (unpaired) electrons. The van der Waals surface area contributed by atoms with Crippen LogP contribution in [-0.2, 0) is 22.4 Å². The first-order chi connectivity index (χ1) is 12.8. The van der Waals surface area contributed by atoms with E-state index in [0.717, 1.165) is 11.1 Å². The van der Waals surface area contributed by atoms with Gasteiger partial charge in [-0.15, -0.1) is 0 Å². The zero-order chi connectivity index (χ0) is 19.9. The molecule has 144 valence electrons. The van der Waals surface area contributed by atoms with Crippen LogP contribution in [0.2, 0.25) is 10.0 Å². The summed E-state index contributed by atoms with van der Waals surface area (Å²) in [6.07, 6.45) is 0.462. The summed E-state index contributed by atoms with van der Waals surface area (Å²) in [6, 6.07) is 14.6. The Balaban J connectivity index is 1.77. The normalized spacial score (nSPS) is 11.1. The van der Waals surface area contributed by atoms with Gasteiger partial charge in [-0.05, 0) is 28.7 Å². The van der Waals surface area contributed by atoms with Gasteiger partial charge in [0.05, 0.1) is 12.8 Å². The number of hydrogen-bond donors (Lipinski definition) is 2. The van der Waals surface area contributed by atoms with Crippen LogP contribution >= 0.6 is 23.2 Å². The van der Waals surface area contributed by atoms with Crippen molar-refractivity contribution in [1.82, 2.24) is 10.6 Å². The van der Waals surface area contributed by atoms with Gasteiger partial charge in [0.25, 0.3) is 0 Å². The monoisotopic (exact) mass is 406 g/mol. The molecule has 2 N–H and O–H groups in total. The van der Waals surface area contributed by atoms with Crippen molar-refractivity contribution < 1.29 is 9.59 Å². The standard InChI is InChI=1S/C21H24Cl2N2O2/c1-21(2,13-24-19(26)11-15-7-3-5-9-17(15)22)14-25-20(27)12-16-8-4-6-10-18(16)23/h3-10H,11-14H2,1-2H3,(H,24,26)(H,25,27). The SMILES string of the molecule is CC(C)(CNC(=O)Cc1ccccc1Cl)CNC(=O)Cc1ccccc1Cl. The maximum atomic E-state index is 12.2. The molecule has 0 fully saturated rings. The molecule has 2 rings (SSSR count). The maximum Gasteiger partial charge on any atom is 0.224 e. The van der Waals surface area contributed by atoms with Crippen molar-refractivity contribution in [2.75, 3.05) is 13.1 Å². The Morgan fingerprint density at radius 2 is 1.15 bits per heavy atom. The van der Waals surface area contributed by atoms with E-state index in [9.17, 15) is 9.59 Å². The van der Waals surface area contributed by atoms with E-state index in [1.807, 2.05) is 50.2 Å². The van der Waals surface area contributed by atoms with Gasteiger partial charge in [-0.25, -0.2) is 0 Å². The molecule has 0 spiro atoms. The summed E-state index contributed by atoms with van der Waals surface area (Å²) in [5, 5.41) is 6.99. The van der Waals surface area contributed by atoms with Crippen molar-refractivity contribution in [3.8, 4) is 0 Å². The average molecular weight is 407 g/mol. The van der Waals surface area contributed by atoms with Crippen LogP contribution in [0.1, 0.15) is 25.0 Å². The molecular weight excluding hydrogens is 383 g/mol. The lowest BCUT2D eigenvalue weighted by atomic mass is 9.93. The largest absolute Gasteiger partial charge is 0.355 e. The molecule has 0 saturated heterocycles. The highest BCUT2D eigenvalue weighted by Gasteiger charge is 2.20. The maximum absolute atomic E-state index is 12.2. The Labute approximate surface area is 170 Å². The highest BCUT2D eigenvalue weighted by Crippen LogP contribution is 2.17. The van der Waals surface area contributed by atoms with Crippen molar-refractivity contribution in [2.24, 2.45) is 5.41 Å². The molecule has 27 heavy (non-hydrogen) atoms. The summed E-state index contributed by atoms with van der Waals surface area (Å²) in [6.45, 7) is 4.86. The van der Waals surface area contributed by atoms with Crippen LogP contribution in [0.4, 0.5) is 0 Å². The Bertz CT molecular complexity index is 741. The molecule has 0 unspecified atom stereocenters. The first kappa shape index (κ1) is 21.3. The van der Waals surface area contributed by atoms with Crippen LogP contribution in [0, 0.1) is 5.41 Å². The van der Waals surface area contributed by atoms with E-state index >= 15 is 0 Å². The molecule has 0 aliphatic carbocycles. The van der Waals surface area contributed by atoms with Crippen molar-refractivity contribution >= 4 is 35.0 Å². The molecule has 4 nitrogen and oxygen atoms in total. The molecule has 0 bridgehead atoms. The van der Waals surface area contributed by atoms with Gasteiger partial charge in [0.2, 0.25) is 11.8 Å². The van der Waals surface area contributed by atoms with Crippen LogP contribution in [0.25, 0.3) is 0 Å². The molecular formula is C21H24Cl2N2O2. The minimum Gasteiger partial charge on any atom is -0.355 e. The van der Waals surface area contributed by atoms with Crippen molar-refractivity contribution in [3.63, 3.8) is 0 Å². The fraction of sp³-hybridized carbons (Fsp3) is 0.333. The fourth-order valence-corrected chi connectivity index (χ4v) is 2.90. The van der Waals surface area contributed by atoms with E-state index in [0.29, 0.717) is 23.1 Å². The minimum atomic E-state index is -0.285. The van der Waals surface area contributed by atoms with Crippen LogP contribution in [0.5, 0.6) is 0 Å². The minimum absolute atomic E-state index is 0.0985. The van der Waals surface area contributed by atoms with E-state index in [2.05, 4.69) is 10.6 Å².